The molecule has 4 nitrogen and oxygen atoms in total. The van der Waals surface area contributed by atoms with E-state index in [0.29, 0.717) is 12.5 Å². The molecule has 25 heavy (non-hydrogen) atoms. The van der Waals surface area contributed by atoms with Gasteiger partial charge in [0.05, 0.1) is 17.6 Å². The molecule has 4 rings (SSSR count). The van der Waals surface area contributed by atoms with Crippen LogP contribution in [0.3, 0.4) is 0 Å². The van der Waals surface area contributed by atoms with Crippen molar-refractivity contribution in [3.8, 4) is 5.75 Å². The van der Waals surface area contributed by atoms with Crippen molar-refractivity contribution in [3.63, 3.8) is 0 Å². The van der Waals surface area contributed by atoms with Crippen LogP contribution >= 0.6 is 0 Å². The summed E-state index contributed by atoms with van der Waals surface area (Å²) in [5, 5.41) is 10.6. The number of aryl methyl sites for hydroxylation is 1. The van der Waals surface area contributed by atoms with Gasteiger partial charge in [0.1, 0.15) is 24.3 Å². The fourth-order valence-corrected chi connectivity index (χ4v) is 3.27. The second-order valence-corrected chi connectivity index (χ2v) is 7.01. The molecule has 1 fully saturated rings. The monoisotopic (exact) mass is 336 g/mol. The number of aliphatic hydroxyl groups excluding tert-OH is 1. The first kappa shape index (κ1) is 16.2. The molecule has 0 aliphatic heterocycles. The standard InChI is InChI=1S/C21H24N2O2/c1-14-6-5-9-20(15(14)2)25-13-17(24)12-23-19-8-4-3-7-18(19)22-21(23)16-10-11-16/h3-9,16-17,24H,10-13H2,1-2H3. The summed E-state index contributed by atoms with van der Waals surface area (Å²) in [4.78, 5) is 4.78. The van der Waals surface area contributed by atoms with Crippen molar-refractivity contribution in [2.45, 2.75) is 45.3 Å². The number of hydrogen-bond acceptors (Lipinski definition) is 3. The number of fused-ring (bicyclic) bond motifs is 1. The first-order valence-electron chi connectivity index (χ1n) is 8.95. The largest absolute Gasteiger partial charge is 0.491 e. The van der Waals surface area contributed by atoms with E-state index in [-0.39, 0.29) is 6.61 Å². The van der Waals surface area contributed by atoms with E-state index in [1.54, 1.807) is 0 Å². The lowest BCUT2D eigenvalue weighted by atomic mass is 10.1. The van der Waals surface area contributed by atoms with E-state index in [0.717, 1.165) is 28.2 Å². The van der Waals surface area contributed by atoms with Gasteiger partial charge in [-0.1, -0.05) is 24.3 Å². The maximum absolute atomic E-state index is 10.6. The van der Waals surface area contributed by atoms with Gasteiger partial charge in [-0.3, -0.25) is 0 Å². The van der Waals surface area contributed by atoms with Gasteiger partial charge in [0.2, 0.25) is 0 Å². The number of hydrogen-bond donors (Lipinski definition) is 1. The Morgan fingerprint density at radius 1 is 1.16 bits per heavy atom. The van der Waals surface area contributed by atoms with Crippen molar-refractivity contribution in [2.24, 2.45) is 0 Å². The highest BCUT2D eigenvalue weighted by molar-refractivity contribution is 5.76. The molecule has 1 aromatic heterocycles. The van der Waals surface area contributed by atoms with Gasteiger partial charge in [-0.15, -0.1) is 0 Å². The molecule has 3 aromatic rings. The molecule has 1 aliphatic carbocycles. The van der Waals surface area contributed by atoms with Gasteiger partial charge in [-0.05, 0) is 56.0 Å². The molecule has 1 unspecified atom stereocenters. The van der Waals surface area contributed by atoms with Crippen LogP contribution < -0.4 is 4.74 Å². The number of aliphatic hydroxyl groups is 1. The minimum absolute atomic E-state index is 0.279. The zero-order valence-electron chi connectivity index (χ0n) is 14.8. The lowest BCUT2D eigenvalue weighted by Gasteiger charge is -2.17. The molecular weight excluding hydrogens is 312 g/mol. The third-order valence-corrected chi connectivity index (χ3v) is 5.01. The van der Waals surface area contributed by atoms with Crippen LogP contribution in [0.25, 0.3) is 11.0 Å². The summed E-state index contributed by atoms with van der Waals surface area (Å²) in [5.41, 5.74) is 4.42. The summed E-state index contributed by atoms with van der Waals surface area (Å²) in [7, 11) is 0. The van der Waals surface area contributed by atoms with E-state index in [2.05, 4.69) is 23.6 Å². The smallest absolute Gasteiger partial charge is 0.122 e. The van der Waals surface area contributed by atoms with Gasteiger partial charge < -0.3 is 14.4 Å². The van der Waals surface area contributed by atoms with Crippen LogP contribution in [0.4, 0.5) is 0 Å². The summed E-state index contributed by atoms with van der Waals surface area (Å²) in [6.07, 6.45) is 1.81. The third-order valence-electron chi connectivity index (χ3n) is 5.01. The number of aromatic nitrogens is 2. The molecule has 1 atom stereocenters. The van der Waals surface area contributed by atoms with E-state index in [1.807, 2.05) is 37.3 Å². The van der Waals surface area contributed by atoms with E-state index >= 15 is 0 Å². The normalized spacial score (nSPS) is 15.5. The molecule has 0 bridgehead atoms. The highest BCUT2D eigenvalue weighted by Gasteiger charge is 2.30. The van der Waals surface area contributed by atoms with Crippen molar-refractivity contribution < 1.29 is 9.84 Å². The fourth-order valence-electron chi connectivity index (χ4n) is 3.27. The van der Waals surface area contributed by atoms with Crippen LogP contribution in [0.15, 0.2) is 42.5 Å². The van der Waals surface area contributed by atoms with Crippen molar-refractivity contribution >= 4 is 11.0 Å². The number of para-hydroxylation sites is 2. The Balaban J connectivity index is 1.51. The molecule has 130 valence electrons. The summed E-state index contributed by atoms with van der Waals surface area (Å²) < 4.78 is 8.04. The number of imidazole rings is 1. The Morgan fingerprint density at radius 3 is 2.76 bits per heavy atom. The van der Waals surface area contributed by atoms with E-state index in [4.69, 9.17) is 9.72 Å². The van der Waals surface area contributed by atoms with Crippen LogP contribution in [0, 0.1) is 13.8 Å². The summed E-state index contributed by atoms with van der Waals surface area (Å²) in [5.74, 6) is 2.49. The lowest BCUT2D eigenvalue weighted by molar-refractivity contribution is 0.0923. The zero-order chi connectivity index (χ0) is 17.4. The van der Waals surface area contributed by atoms with Crippen molar-refractivity contribution in [3.05, 3.63) is 59.4 Å². The molecule has 2 aromatic carbocycles. The Labute approximate surface area is 148 Å². The SMILES string of the molecule is Cc1cccc(OCC(O)Cn2c(C3CC3)nc3ccccc32)c1C. The summed E-state index contributed by atoms with van der Waals surface area (Å²) in [6.45, 7) is 4.90. The molecule has 1 aliphatic rings. The van der Waals surface area contributed by atoms with Crippen LogP contribution in [-0.4, -0.2) is 27.4 Å². The minimum Gasteiger partial charge on any atom is -0.491 e. The predicted molar refractivity (Wildman–Crippen MR) is 99.1 cm³/mol. The first-order valence-corrected chi connectivity index (χ1v) is 8.95. The molecule has 0 spiro atoms. The second-order valence-electron chi connectivity index (χ2n) is 7.01. The van der Waals surface area contributed by atoms with Crippen molar-refractivity contribution in [2.75, 3.05) is 6.61 Å². The van der Waals surface area contributed by atoms with Gasteiger partial charge in [0, 0.05) is 5.92 Å². The first-order chi connectivity index (χ1) is 12.1. The maximum atomic E-state index is 10.6. The second kappa shape index (κ2) is 6.52. The van der Waals surface area contributed by atoms with E-state index in [9.17, 15) is 5.11 Å². The van der Waals surface area contributed by atoms with E-state index < -0.39 is 6.10 Å². The summed E-state index contributed by atoms with van der Waals surface area (Å²) in [6, 6.07) is 14.2. The minimum atomic E-state index is -0.574. The fraction of sp³-hybridized carbons (Fsp3) is 0.381. The Bertz CT molecular complexity index is 896. The Kier molecular flexibility index (Phi) is 4.22. The number of rotatable bonds is 6. The lowest BCUT2D eigenvalue weighted by Crippen LogP contribution is -2.24. The van der Waals surface area contributed by atoms with Gasteiger partial charge in [0.15, 0.2) is 0 Å². The summed E-state index contributed by atoms with van der Waals surface area (Å²) >= 11 is 0. The van der Waals surface area contributed by atoms with Crippen LogP contribution in [0.5, 0.6) is 5.75 Å². The molecular formula is C21H24N2O2. The predicted octanol–water partition coefficient (Wildman–Crippen LogP) is 3.97. The van der Waals surface area contributed by atoms with E-state index in [1.165, 1.54) is 18.4 Å². The average Bonchev–Trinajstić information content (AvgIpc) is 3.39. The molecule has 4 heteroatoms. The van der Waals surface area contributed by atoms with Gasteiger partial charge >= 0.3 is 0 Å². The highest BCUT2D eigenvalue weighted by Crippen LogP contribution is 2.40. The molecule has 1 heterocycles. The number of benzene rings is 2. The van der Waals surface area contributed by atoms with Crippen LogP contribution in [-0.2, 0) is 6.54 Å². The van der Waals surface area contributed by atoms with Crippen molar-refractivity contribution in [1.82, 2.24) is 9.55 Å². The van der Waals surface area contributed by atoms with Gasteiger partial charge in [0.25, 0.3) is 0 Å². The average molecular weight is 336 g/mol. The molecule has 0 amide bonds. The third kappa shape index (κ3) is 3.27. The molecule has 0 saturated heterocycles. The Morgan fingerprint density at radius 2 is 1.96 bits per heavy atom. The highest BCUT2D eigenvalue weighted by atomic mass is 16.5. The number of ether oxygens (including phenoxy) is 1. The maximum Gasteiger partial charge on any atom is 0.122 e. The zero-order valence-corrected chi connectivity index (χ0v) is 14.8. The van der Waals surface area contributed by atoms with Crippen LogP contribution in [0.1, 0.15) is 35.7 Å². The van der Waals surface area contributed by atoms with Gasteiger partial charge in [-0.25, -0.2) is 4.98 Å². The van der Waals surface area contributed by atoms with Crippen molar-refractivity contribution in [1.29, 1.82) is 0 Å². The molecule has 0 radical (unpaired) electrons. The molecule has 1 N–H and O–H groups in total. The number of nitrogens with zero attached hydrogens (tertiary/aromatic N) is 2. The quantitative estimate of drug-likeness (QED) is 0.741. The molecule has 1 saturated carbocycles. The van der Waals surface area contributed by atoms with Crippen LogP contribution in [0.2, 0.25) is 0 Å². The Hall–Kier alpha value is -2.33. The van der Waals surface area contributed by atoms with Gasteiger partial charge in [-0.2, -0.15) is 0 Å². The topological polar surface area (TPSA) is 47.3 Å².